The molecule has 0 unspecified atom stereocenters. The molecule has 5 heteroatoms. The molecule has 3 nitrogen and oxygen atoms in total. The lowest BCUT2D eigenvalue weighted by Gasteiger charge is -2.34. The average Bonchev–Trinajstić information content (AvgIpc) is 3.19. The zero-order chi connectivity index (χ0) is 24.9. The molecule has 0 heterocycles. The quantitative estimate of drug-likeness (QED) is 0.150. The van der Waals surface area contributed by atoms with E-state index in [0.717, 1.165) is 37.9 Å². The Balaban J connectivity index is 1.73. The van der Waals surface area contributed by atoms with Gasteiger partial charge in [-0.15, -0.1) is 0 Å². The van der Waals surface area contributed by atoms with Crippen LogP contribution in [-0.2, 0) is 5.41 Å². The third-order valence-electron chi connectivity index (χ3n) is 6.98. The second kappa shape index (κ2) is 8.84. The maximum absolute atomic E-state index is 11.9. The van der Waals surface area contributed by atoms with E-state index in [0.29, 0.717) is 10.0 Å². The van der Waals surface area contributed by atoms with Gasteiger partial charge in [-0.05, 0) is 69.3 Å². The molecular formula is C31H19Br2NO2. The summed E-state index contributed by atoms with van der Waals surface area (Å²) in [7, 11) is 0. The Bertz CT molecular complexity index is 1590. The van der Waals surface area contributed by atoms with Crippen molar-refractivity contribution in [3.63, 3.8) is 0 Å². The lowest BCUT2D eigenvalue weighted by atomic mass is 9.67. The van der Waals surface area contributed by atoms with Crippen molar-refractivity contribution >= 4 is 37.5 Å². The van der Waals surface area contributed by atoms with E-state index in [1.54, 1.807) is 6.07 Å². The van der Waals surface area contributed by atoms with Gasteiger partial charge in [-0.1, -0.05) is 111 Å². The third kappa shape index (κ3) is 3.46. The highest BCUT2D eigenvalue weighted by Crippen LogP contribution is 2.57. The number of hydrogen-bond acceptors (Lipinski definition) is 2. The molecule has 5 aromatic carbocycles. The van der Waals surface area contributed by atoms with Crippen molar-refractivity contribution in [3.8, 4) is 22.3 Å². The van der Waals surface area contributed by atoms with Crippen molar-refractivity contribution in [2.45, 2.75) is 5.41 Å². The number of rotatable bonds is 4. The highest BCUT2D eigenvalue weighted by Gasteiger charge is 2.46. The minimum absolute atomic E-state index is 0.0765. The maximum atomic E-state index is 11.9. The van der Waals surface area contributed by atoms with E-state index < -0.39 is 5.41 Å². The number of hydrogen-bond donors (Lipinski definition) is 0. The first kappa shape index (κ1) is 22.9. The molecule has 6 rings (SSSR count). The summed E-state index contributed by atoms with van der Waals surface area (Å²) in [6.07, 6.45) is 0. The van der Waals surface area contributed by atoms with Crippen LogP contribution < -0.4 is 0 Å². The van der Waals surface area contributed by atoms with Gasteiger partial charge in [0.1, 0.15) is 0 Å². The van der Waals surface area contributed by atoms with Gasteiger partial charge in [0.15, 0.2) is 0 Å². The Hall–Kier alpha value is -3.54. The van der Waals surface area contributed by atoms with E-state index in [1.807, 2.05) is 30.3 Å². The largest absolute Gasteiger partial charge is 0.278 e. The topological polar surface area (TPSA) is 43.1 Å². The van der Waals surface area contributed by atoms with Gasteiger partial charge in [0.2, 0.25) is 0 Å². The Kier molecular flexibility index (Phi) is 5.62. The summed E-state index contributed by atoms with van der Waals surface area (Å²) in [6.45, 7) is 0. The normalized spacial score (nSPS) is 13.2. The predicted molar refractivity (Wildman–Crippen MR) is 151 cm³/mol. The van der Waals surface area contributed by atoms with Crippen LogP contribution in [0.15, 0.2) is 124 Å². The van der Waals surface area contributed by atoms with E-state index in [1.165, 1.54) is 5.56 Å². The summed E-state index contributed by atoms with van der Waals surface area (Å²) >= 11 is 7.09. The molecule has 0 bridgehead atoms. The van der Waals surface area contributed by atoms with Crippen LogP contribution in [0.5, 0.6) is 0 Å². The second-order valence-corrected chi connectivity index (χ2v) is 10.7. The van der Waals surface area contributed by atoms with Crippen LogP contribution in [0.3, 0.4) is 0 Å². The maximum Gasteiger partial charge on any atom is 0.278 e. The molecule has 0 saturated carbocycles. The summed E-state index contributed by atoms with van der Waals surface area (Å²) in [5.74, 6) is 0. The molecule has 0 fully saturated rings. The first-order valence-corrected chi connectivity index (χ1v) is 13.1. The lowest BCUT2D eigenvalue weighted by Crippen LogP contribution is -2.28. The van der Waals surface area contributed by atoms with Crippen molar-refractivity contribution < 1.29 is 4.92 Å². The van der Waals surface area contributed by atoms with Gasteiger partial charge >= 0.3 is 0 Å². The SMILES string of the molecule is O=[N+]([O-])c1cc(Br)ccc1-c1ccc2c(c1)C(c1ccccc1)(c1ccccc1)c1cc(Br)ccc1-2. The standard InChI is InChI=1S/C31H19Br2NO2/c32-23-13-16-27-26-14-11-20(25-15-12-24(33)19-30(25)34(35)36)17-28(26)31(29(27)18-23,21-7-3-1-4-8-21)22-9-5-2-6-10-22/h1-19H. The molecule has 0 aromatic heterocycles. The Labute approximate surface area is 225 Å². The van der Waals surface area contributed by atoms with Crippen molar-refractivity contribution in [2.75, 3.05) is 0 Å². The molecule has 0 aliphatic heterocycles. The summed E-state index contributed by atoms with van der Waals surface area (Å²) in [4.78, 5) is 11.6. The number of nitro groups is 1. The van der Waals surface area contributed by atoms with E-state index in [-0.39, 0.29) is 10.6 Å². The number of nitro benzene ring substituents is 1. The van der Waals surface area contributed by atoms with Crippen LogP contribution in [0, 0.1) is 10.1 Å². The summed E-state index contributed by atoms with van der Waals surface area (Å²) in [5.41, 5.74) is 7.81. The number of halogens is 2. The minimum Gasteiger partial charge on any atom is -0.258 e. The molecule has 0 spiro atoms. The fourth-order valence-corrected chi connectivity index (χ4v) is 6.24. The molecule has 0 amide bonds. The lowest BCUT2D eigenvalue weighted by molar-refractivity contribution is -0.384. The first-order valence-electron chi connectivity index (χ1n) is 11.5. The van der Waals surface area contributed by atoms with Gasteiger partial charge in [0.25, 0.3) is 5.69 Å². The van der Waals surface area contributed by atoms with Crippen LogP contribution in [0.1, 0.15) is 22.3 Å². The number of nitrogens with zero attached hydrogens (tertiary/aromatic N) is 1. The van der Waals surface area contributed by atoms with Gasteiger partial charge in [-0.25, -0.2) is 0 Å². The molecule has 0 atom stereocenters. The Morgan fingerprint density at radius 3 is 1.67 bits per heavy atom. The van der Waals surface area contributed by atoms with Gasteiger partial charge in [0, 0.05) is 15.0 Å². The second-order valence-electron chi connectivity index (χ2n) is 8.85. The van der Waals surface area contributed by atoms with Gasteiger partial charge in [0.05, 0.1) is 15.9 Å². The van der Waals surface area contributed by atoms with E-state index >= 15 is 0 Å². The van der Waals surface area contributed by atoms with Crippen molar-refractivity contribution in [2.24, 2.45) is 0 Å². The van der Waals surface area contributed by atoms with Gasteiger partial charge in [-0.3, -0.25) is 10.1 Å². The van der Waals surface area contributed by atoms with Crippen LogP contribution >= 0.6 is 31.9 Å². The molecule has 5 aromatic rings. The van der Waals surface area contributed by atoms with Crippen molar-refractivity contribution in [1.29, 1.82) is 0 Å². The summed E-state index contributed by atoms with van der Waals surface area (Å²) in [5, 5.41) is 11.9. The van der Waals surface area contributed by atoms with Gasteiger partial charge in [-0.2, -0.15) is 0 Å². The minimum atomic E-state index is -0.572. The van der Waals surface area contributed by atoms with Crippen LogP contribution in [0.25, 0.3) is 22.3 Å². The fraction of sp³-hybridized carbons (Fsp3) is 0.0323. The highest BCUT2D eigenvalue weighted by molar-refractivity contribution is 9.10. The molecule has 0 saturated heterocycles. The molecule has 36 heavy (non-hydrogen) atoms. The number of benzene rings is 5. The zero-order valence-electron chi connectivity index (χ0n) is 19.0. The van der Waals surface area contributed by atoms with E-state index in [9.17, 15) is 10.1 Å². The van der Waals surface area contributed by atoms with Crippen molar-refractivity contribution in [3.05, 3.63) is 157 Å². The molecule has 1 aliphatic carbocycles. The van der Waals surface area contributed by atoms with Crippen molar-refractivity contribution in [1.82, 2.24) is 0 Å². The van der Waals surface area contributed by atoms with Crippen LogP contribution in [-0.4, -0.2) is 4.92 Å². The molecular weight excluding hydrogens is 578 g/mol. The summed E-state index contributed by atoms with van der Waals surface area (Å²) < 4.78 is 1.69. The summed E-state index contributed by atoms with van der Waals surface area (Å²) in [6, 6.07) is 38.9. The highest BCUT2D eigenvalue weighted by atomic mass is 79.9. The molecule has 0 radical (unpaired) electrons. The third-order valence-corrected chi connectivity index (χ3v) is 7.97. The van der Waals surface area contributed by atoms with E-state index in [4.69, 9.17) is 0 Å². The zero-order valence-corrected chi connectivity index (χ0v) is 22.2. The molecule has 174 valence electrons. The first-order chi connectivity index (χ1) is 17.5. The number of fused-ring (bicyclic) bond motifs is 3. The Morgan fingerprint density at radius 2 is 1.08 bits per heavy atom. The molecule has 1 aliphatic rings. The monoisotopic (exact) mass is 595 g/mol. The van der Waals surface area contributed by atoms with E-state index in [2.05, 4.69) is 111 Å². The van der Waals surface area contributed by atoms with Gasteiger partial charge < -0.3 is 0 Å². The fourth-order valence-electron chi connectivity index (χ4n) is 5.53. The van der Waals surface area contributed by atoms with Crippen LogP contribution in [0.2, 0.25) is 0 Å². The smallest absolute Gasteiger partial charge is 0.258 e. The predicted octanol–water partition coefficient (Wildman–Crippen LogP) is 9.15. The van der Waals surface area contributed by atoms with Crippen LogP contribution in [0.4, 0.5) is 5.69 Å². The Morgan fingerprint density at radius 1 is 0.583 bits per heavy atom. The average molecular weight is 597 g/mol. The molecule has 0 N–H and O–H groups in total.